The number of primary amides is 1. The second kappa shape index (κ2) is 6.32. The number of hydrogen-bond donors (Lipinski definition) is 2. The first kappa shape index (κ1) is 16.9. The SMILES string of the molecule is C=Cc1cc(Cc2c(F)cc(C(N)=O)c3[nH]c4ccccc4c23)nc(C)n1. The van der Waals surface area contributed by atoms with Crippen LogP contribution in [0.15, 0.2) is 43.0 Å². The molecule has 0 saturated carbocycles. The third kappa shape index (κ3) is 2.85. The first-order valence-corrected chi connectivity index (χ1v) is 8.46. The average Bonchev–Trinajstić information content (AvgIpc) is 3.02. The first-order chi connectivity index (χ1) is 13.0. The second-order valence-corrected chi connectivity index (χ2v) is 6.38. The minimum Gasteiger partial charge on any atom is -0.366 e. The normalized spacial score (nSPS) is 11.2. The average molecular weight is 360 g/mol. The Hall–Kier alpha value is -3.54. The van der Waals surface area contributed by atoms with Gasteiger partial charge in [0.15, 0.2) is 0 Å². The summed E-state index contributed by atoms with van der Waals surface area (Å²) in [4.78, 5) is 23.7. The molecule has 3 N–H and O–H groups in total. The summed E-state index contributed by atoms with van der Waals surface area (Å²) in [5.41, 5.74) is 8.77. The summed E-state index contributed by atoms with van der Waals surface area (Å²) in [5.74, 6) is -0.576. The number of carbonyl (C=O) groups excluding carboxylic acids is 1. The molecule has 0 unspecified atom stereocenters. The Bertz CT molecular complexity index is 1230. The molecule has 2 heterocycles. The minimum atomic E-state index is -0.677. The van der Waals surface area contributed by atoms with Gasteiger partial charge < -0.3 is 10.7 Å². The molecule has 0 aliphatic heterocycles. The Morgan fingerprint density at radius 1 is 1.30 bits per heavy atom. The van der Waals surface area contributed by atoms with Crippen LogP contribution < -0.4 is 5.73 Å². The Morgan fingerprint density at radius 3 is 2.81 bits per heavy atom. The fourth-order valence-electron chi connectivity index (χ4n) is 3.46. The van der Waals surface area contributed by atoms with Crippen LogP contribution in [0.2, 0.25) is 0 Å². The third-order valence-corrected chi connectivity index (χ3v) is 4.58. The largest absolute Gasteiger partial charge is 0.366 e. The van der Waals surface area contributed by atoms with Crippen molar-refractivity contribution in [3.8, 4) is 0 Å². The molecule has 0 spiro atoms. The molecule has 4 aromatic rings. The van der Waals surface area contributed by atoms with Crippen molar-refractivity contribution in [2.45, 2.75) is 13.3 Å². The molecule has 134 valence electrons. The van der Waals surface area contributed by atoms with Crippen LogP contribution in [0, 0.1) is 12.7 Å². The smallest absolute Gasteiger partial charge is 0.250 e. The minimum absolute atomic E-state index is 0.132. The maximum atomic E-state index is 15.0. The van der Waals surface area contributed by atoms with E-state index in [9.17, 15) is 4.79 Å². The maximum absolute atomic E-state index is 15.0. The van der Waals surface area contributed by atoms with E-state index in [-0.39, 0.29) is 12.0 Å². The number of H-pyrrole nitrogens is 1. The molecule has 1 amide bonds. The summed E-state index contributed by atoms with van der Waals surface area (Å²) in [7, 11) is 0. The van der Waals surface area contributed by atoms with Gasteiger partial charge in [0.2, 0.25) is 0 Å². The summed E-state index contributed by atoms with van der Waals surface area (Å²) in [6, 6.07) is 10.5. The Labute approximate surface area is 154 Å². The molecule has 27 heavy (non-hydrogen) atoms. The molecular formula is C21H17FN4O. The van der Waals surface area contributed by atoms with E-state index in [2.05, 4.69) is 21.5 Å². The predicted molar refractivity (Wildman–Crippen MR) is 104 cm³/mol. The molecule has 0 fully saturated rings. The highest BCUT2D eigenvalue weighted by molar-refractivity contribution is 6.16. The van der Waals surface area contributed by atoms with Crippen LogP contribution in [0.25, 0.3) is 27.9 Å². The van der Waals surface area contributed by atoms with Gasteiger partial charge in [0.1, 0.15) is 11.6 Å². The Kier molecular flexibility index (Phi) is 3.96. The number of rotatable bonds is 4. The summed E-state index contributed by atoms with van der Waals surface area (Å²) < 4.78 is 15.0. The van der Waals surface area contributed by atoms with Crippen molar-refractivity contribution < 1.29 is 9.18 Å². The molecule has 6 heteroatoms. The lowest BCUT2D eigenvalue weighted by atomic mass is 9.98. The van der Waals surface area contributed by atoms with Crippen molar-refractivity contribution in [3.63, 3.8) is 0 Å². The maximum Gasteiger partial charge on any atom is 0.250 e. The Morgan fingerprint density at radius 2 is 2.07 bits per heavy atom. The van der Waals surface area contributed by atoms with Crippen LogP contribution in [0.5, 0.6) is 0 Å². The molecule has 0 saturated heterocycles. The van der Waals surface area contributed by atoms with Crippen molar-refractivity contribution in [1.82, 2.24) is 15.0 Å². The summed E-state index contributed by atoms with van der Waals surface area (Å²) in [6.07, 6.45) is 1.89. The Balaban J connectivity index is 2.02. The quantitative estimate of drug-likeness (QED) is 0.579. The van der Waals surface area contributed by atoms with Crippen molar-refractivity contribution in [3.05, 3.63) is 77.1 Å². The molecule has 5 nitrogen and oxygen atoms in total. The fraction of sp³-hybridized carbons (Fsp3) is 0.0952. The van der Waals surface area contributed by atoms with Gasteiger partial charge in [0.25, 0.3) is 5.91 Å². The molecule has 0 atom stereocenters. The number of benzene rings is 2. The molecule has 2 aromatic carbocycles. The van der Waals surface area contributed by atoms with Crippen LogP contribution in [-0.4, -0.2) is 20.9 Å². The number of halogens is 1. The molecule has 2 aromatic heterocycles. The molecule has 0 radical (unpaired) electrons. The van der Waals surface area contributed by atoms with Gasteiger partial charge in [-0.25, -0.2) is 14.4 Å². The second-order valence-electron chi connectivity index (χ2n) is 6.38. The van der Waals surface area contributed by atoms with E-state index in [0.717, 1.165) is 10.9 Å². The molecule has 4 rings (SSSR count). The summed E-state index contributed by atoms with van der Waals surface area (Å²) >= 11 is 0. The van der Waals surface area contributed by atoms with Crippen LogP contribution >= 0.6 is 0 Å². The number of nitrogens with zero attached hydrogens (tertiary/aromatic N) is 2. The zero-order chi connectivity index (χ0) is 19.1. The van der Waals surface area contributed by atoms with Crippen LogP contribution in [0.3, 0.4) is 0 Å². The number of aryl methyl sites for hydroxylation is 1. The number of aromatic nitrogens is 3. The zero-order valence-electron chi connectivity index (χ0n) is 14.7. The summed E-state index contributed by atoms with van der Waals surface area (Å²) in [6.45, 7) is 5.51. The van der Waals surface area contributed by atoms with Gasteiger partial charge in [-0.3, -0.25) is 4.79 Å². The molecule has 0 aliphatic rings. The number of nitrogens with one attached hydrogen (secondary N) is 1. The van der Waals surface area contributed by atoms with Crippen LogP contribution in [-0.2, 0) is 6.42 Å². The molecule has 0 aliphatic carbocycles. The number of amides is 1. The first-order valence-electron chi connectivity index (χ1n) is 8.46. The highest BCUT2D eigenvalue weighted by atomic mass is 19.1. The van der Waals surface area contributed by atoms with E-state index in [1.807, 2.05) is 24.3 Å². The number of hydrogen-bond acceptors (Lipinski definition) is 3. The standard InChI is InChI=1S/C21H17FN4O/c1-3-12-8-13(25-11(2)24-12)9-15-17(22)10-16(21(23)27)20-19(15)14-6-4-5-7-18(14)26-20/h3-8,10,26H,1,9H2,2H3,(H2,23,27). The zero-order valence-corrected chi connectivity index (χ0v) is 14.7. The third-order valence-electron chi connectivity index (χ3n) is 4.58. The number of carbonyl (C=O) groups is 1. The topological polar surface area (TPSA) is 84.7 Å². The van der Waals surface area contributed by atoms with Gasteiger partial charge in [-0.15, -0.1) is 0 Å². The number of para-hydroxylation sites is 1. The van der Waals surface area contributed by atoms with Gasteiger partial charge in [-0.05, 0) is 31.2 Å². The number of aromatic amines is 1. The van der Waals surface area contributed by atoms with Crippen molar-refractivity contribution in [2.75, 3.05) is 0 Å². The molecule has 0 bridgehead atoms. The number of fused-ring (bicyclic) bond motifs is 3. The monoisotopic (exact) mass is 360 g/mol. The van der Waals surface area contributed by atoms with E-state index < -0.39 is 11.7 Å². The summed E-state index contributed by atoms with van der Waals surface area (Å²) in [5, 5.41) is 1.48. The predicted octanol–water partition coefficient (Wildman–Crippen LogP) is 3.89. The van der Waals surface area contributed by atoms with Crippen molar-refractivity contribution in [1.29, 1.82) is 0 Å². The van der Waals surface area contributed by atoms with E-state index >= 15 is 4.39 Å². The van der Waals surface area contributed by atoms with Crippen LogP contribution in [0.4, 0.5) is 4.39 Å². The van der Waals surface area contributed by atoms with Crippen molar-refractivity contribution >= 4 is 33.8 Å². The lowest BCUT2D eigenvalue weighted by Gasteiger charge is -2.10. The van der Waals surface area contributed by atoms with E-state index in [1.54, 1.807) is 19.1 Å². The van der Waals surface area contributed by atoms with Gasteiger partial charge in [-0.1, -0.05) is 24.8 Å². The number of nitrogens with two attached hydrogens (primary N) is 1. The van der Waals surface area contributed by atoms with Crippen LogP contribution in [0.1, 0.15) is 33.1 Å². The molecular weight excluding hydrogens is 343 g/mol. The van der Waals surface area contributed by atoms with E-state index in [4.69, 9.17) is 5.73 Å². The van der Waals surface area contributed by atoms with Crippen molar-refractivity contribution in [2.24, 2.45) is 5.73 Å². The van der Waals surface area contributed by atoms with Gasteiger partial charge in [-0.2, -0.15) is 0 Å². The van der Waals surface area contributed by atoms with Gasteiger partial charge in [0, 0.05) is 34.0 Å². The van der Waals surface area contributed by atoms with E-state index in [1.165, 1.54) is 6.07 Å². The van der Waals surface area contributed by atoms with E-state index in [0.29, 0.717) is 33.7 Å². The highest BCUT2D eigenvalue weighted by Gasteiger charge is 2.20. The van der Waals surface area contributed by atoms with Gasteiger partial charge >= 0.3 is 0 Å². The lowest BCUT2D eigenvalue weighted by molar-refractivity contribution is 0.100. The lowest BCUT2D eigenvalue weighted by Crippen LogP contribution is -2.13. The highest BCUT2D eigenvalue weighted by Crippen LogP contribution is 2.33. The fourth-order valence-corrected chi connectivity index (χ4v) is 3.46. The van der Waals surface area contributed by atoms with Gasteiger partial charge in [0.05, 0.1) is 16.8 Å².